The topological polar surface area (TPSA) is 55.6 Å². The van der Waals surface area contributed by atoms with Crippen molar-refractivity contribution >= 4 is 23.1 Å². The highest BCUT2D eigenvalue weighted by atomic mass is 32.1. The van der Waals surface area contributed by atoms with E-state index in [-0.39, 0.29) is 6.10 Å². The molecule has 5 unspecified atom stereocenters. The zero-order chi connectivity index (χ0) is 13.1. The number of nitrogens with zero attached hydrogens (tertiary/aromatic N) is 1. The van der Waals surface area contributed by atoms with Gasteiger partial charge >= 0.3 is 0 Å². The Morgan fingerprint density at radius 3 is 2.58 bits per heavy atom. The van der Waals surface area contributed by atoms with E-state index in [0.717, 1.165) is 11.8 Å². The number of morpholine rings is 1. The molecule has 1 aliphatic heterocycles. The van der Waals surface area contributed by atoms with Gasteiger partial charge in [-0.05, 0) is 42.9 Å². The smallest absolute Gasteiger partial charge is 0.226 e. The van der Waals surface area contributed by atoms with Crippen LogP contribution in [0, 0.1) is 29.6 Å². The first kappa shape index (κ1) is 12.1. The maximum absolute atomic E-state index is 12.6. The quantitative estimate of drug-likeness (QED) is 0.760. The van der Waals surface area contributed by atoms with Crippen LogP contribution >= 0.6 is 12.2 Å². The number of nitrogens with two attached hydrogens (primary N) is 1. The Bertz CT molecular complexity index is 425. The van der Waals surface area contributed by atoms with Crippen LogP contribution in [-0.2, 0) is 9.53 Å². The summed E-state index contributed by atoms with van der Waals surface area (Å²) in [5.41, 5.74) is 5.64. The fraction of sp³-hybridized carbons (Fsp3) is 0.857. The first-order valence-corrected chi connectivity index (χ1v) is 7.77. The average molecular weight is 280 g/mol. The van der Waals surface area contributed by atoms with Crippen LogP contribution in [0.3, 0.4) is 0 Å². The molecule has 0 radical (unpaired) electrons. The van der Waals surface area contributed by atoms with E-state index in [4.69, 9.17) is 22.7 Å². The SMILES string of the molecule is NC(=S)C1CN(C(=O)C2C3C4CCC(C4)C23)CCO1. The molecule has 0 aromatic carbocycles. The van der Waals surface area contributed by atoms with Crippen molar-refractivity contribution < 1.29 is 9.53 Å². The summed E-state index contributed by atoms with van der Waals surface area (Å²) in [5.74, 6) is 3.76. The lowest BCUT2D eigenvalue weighted by Gasteiger charge is -2.33. The number of amides is 1. The number of rotatable bonds is 2. The third-order valence-corrected chi connectivity index (χ3v) is 5.98. The van der Waals surface area contributed by atoms with Crippen molar-refractivity contribution in [3.63, 3.8) is 0 Å². The first-order chi connectivity index (χ1) is 9.16. The van der Waals surface area contributed by atoms with E-state index in [1.165, 1.54) is 19.3 Å². The van der Waals surface area contributed by atoms with Gasteiger partial charge in [-0.3, -0.25) is 4.79 Å². The predicted molar refractivity (Wildman–Crippen MR) is 74.4 cm³/mol. The third kappa shape index (κ3) is 1.74. The summed E-state index contributed by atoms with van der Waals surface area (Å²) in [7, 11) is 0. The Balaban J connectivity index is 1.43. The van der Waals surface area contributed by atoms with Crippen LogP contribution in [0.1, 0.15) is 19.3 Å². The highest BCUT2D eigenvalue weighted by molar-refractivity contribution is 7.80. The molecule has 3 saturated carbocycles. The van der Waals surface area contributed by atoms with Gasteiger partial charge in [-0.2, -0.15) is 0 Å². The van der Waals surface area contributed by atoms with Gasteiger partial charge in [0, 0.05) is 12.5 Å². The molecule has 3 aliphatic carbocycles. The molecule has 0 spiro atoms. The maximum atomic E-state index is 12.6. The summed E-state index contributed by atoms with van der Waals surface area (Å²) in [5, 5.41) is 0. The summed E-state index contributed by atoms with van der Waals surface area (Å²) >= 11 is 4.98. The Morgan fingerprint density at radius 2 is 1.95 bits per heavy atom. The molecular formula is C14H20N2O2S. The number of hydrogen-bond acceptors (Lipinski definition) is 3. The zero-order valence-electron chi connectivity index (χ0n) is 11.0. The van der Waals surface area contributed by atoms with E-state index < -0.39 is 0 Å². The Morgan fingerprint density at radius 1 is 1.26 bits per heavy atom. The normalized spacial score (nSPS) is 47.1. The van der Waals surface area contributed by atoms with Crippen LogP contribution in [0.15, 0.2) is 0 Å². The molecule has 4 nitrogen and oxygen atoms in total. The number of carbonyl (C=O) groups excluding carboxylic acids is 1. The predicted octanol–water partition coefficient (Wildman–Crippen LogP) is 0.792. The van der Waals surface area contributed by atoms with E-state index >= 15 is 0 Å². The lowest BCUT2D eigenvalue weighted by atomic mass is 10.0. The molecule has 5 heteroatoms. The van der Waals surface area contributed by atoms with Crippen LogP contribution in [0.25, 0.3) is 0 Å². The van der Waals surface area contributed by atoms with Gasteiger partial charge < -0.3 is 15.4 Å². The highest BCUT2D eigenvalue weighted by Crippen LogP contribution is 2.69. The summed E-state index contributed by atoms with van der Waals surface area (Å²) in [4.78, 5) is 15.0. The van der Waals surface area contributed by atoms with Gasteiger partial charge in [0.2, 0.25) is 5.91 Å². The van der Waals surface area contributed by atoms with Crippen molar-refractivity contribution in [1.29, 1.82) is 0 Å². The summed E-state index contributed by atoms with van der Waals surface area (Å²) < 4.78 is 5.51. The van der Waals surface area contributed by atoms with Gasteiger partial charge in [0.1, 0.15) is 11.1 Å². The molecule has 4 aliphatic rings. The van der Waals surface area contributed by atoms with Gasteiger partial charge in [-0.25, -0.2) is 0 Å². The van der Waals surface area contributed by atoms with Gasteiger partial charge in [0.15, 0.2) is 0 Å². The van der Waals surface area contributed by atoms with E-state index in [2.05, 4.69) is 0 Å². The molecule has 2 N–H and O–H groups in total. The fourth-order valence-electron chi connectivity index (χ4n) is 4.89. The van der Waals surface area contributed by atoms with E-state index in [1.807, 2.05) is 4.90 Å². The molecule has 1 amide bonds. The number of ether oxygens (including phenoxy) is 1. The number of fused-ring (bicyclic) bond motifs is 5. The molecule has 4 fully saturated rings. The zero-order valence-corrected chi connectivity index (χ0v) is 11.8. The lowest BCUT2D eigenvalue weighted by Crippen LogP contribution is -2.50. The van der Waals surface area contributed by atoms with Crippen molar-refractivity contribution in [2.45, 2.75) is 25.4 Å². The average Bonchev–Trinajstić information content (AvgIpc) is 2.85. The molecule has 104 valence electrons. The molecule has 0 aromatic heterocycles. The van der Waals surface area contributed by atoms with Crippen molar-refractivity contribution in [2.75, 3.05) is 19.7 Å². The van der Waals surface area contributed by atoms with E-state index in [9.17, 15) is 4.79 Å². The molecule has 5 atom stereocenters. The second kappa shape index (κ2) is 4.16. The van der Waals surface area contributed by atoms with Crippen molar-refractivity contribution in [1.82, 2.24) is 4.90 Å². The van der Waals surface area contributed by atoms with Gasteiger partial charge in [-0.15, -0.1) is 0 Å². The molecule has 19 heavy (non-hydrogen) atoms. The fourth-order valence-corrected chi connectivity index (χ4v) is 5.03. The largest absolute Gasteiger partial charge is 0.391 e. The summed E-state index contributed by atoms with van der Waals surface area (Å²) in [6, 6.07) is 0. The molecular weight excluding hydrogens is 260 g/mol. The Kier molecular flexibility index (Phi) is 2.64. The third-order valence-electron chi connectivity index (χ3n) is 5.72. The Hall–Kier alpha value is -0.680. The van der Waals surface area contributed by atoms with Crippen LogP contribution in [0.4, 0.5) is 0 Å². The number of thiocarbonyl (C=S) groups is 1. The van der Waals surface area contributed by atoms with Crippen LogP contribution in [-0.4, -0.2) is 41.6 Å². The van der Waals surface area contributed by atoms with Crippen molar-refractivity contribution in [3.8, 4) is 0 Å². The molecule has 0 aromatic rings. The minimum Gasteiger partial charge on any atom is -0.391 e. The maximum Gasteiger partial charge on any atom is 0.226 e. The first-order valence-electron chi connectivity index (χ1n) is 7.36. The Labute approximate surface area is 118 Å². The van der Waals surface area contributed by atoms with Crippen LogP contribution in [0.2, 0.25) is 0 Å². The van der Waals surface area contributed by atoms with Gasteiger partial charge in [0.05, 0.1) is 13.2 Å². The molecule has 1 saturated heterocycles. The van der Waals surface area contributed by atoms with Crippen molar-refractivity contribution in [3.05, 3.63) is 0 Å². The molecule has 4 rings (SSSR count). The van der Waals surface area contributed by atoms with Gasteiger partial charge in [0.25, 0.3) is 0 Å². The molecule has 1 heterocycles. The monoisotopic (exact) mass is 280 g/mol. The number of hydrogen-bond donors (Lipinski definition) is 1. The highest BCUT2D eigenvalue weighted by Gasteiger charge is 2.68. The van der Waals surface area contributed by atoms with Crippen LogP contribution in [0.5, 0.6) is 0 Å². The van der Waals surface area contributed by atoms with E-state index in [1.54, 1.807) is 0 Å². The molecule has 2 bridgehead atoms. The second-order valence-corrected chi connectivity index (χ2v) is 7.03. The second-order valence-electron chi connectivity index (χ2n) is 6.56. The van der Waals surface area contributed by atoms with Gasteiger partial charge in [-0.1, -0.05) is 12.2 Å². The standard InChI is InChI=1S/C14H20N2O2S/c15-13(19)9-6-16(3-4-18-9)14(17)12-10-7-1-2-8(5-7)11(10)12/h7-12H,1-6H2,(H2,15,19). The van der Waals surface area contributed by atoms with Crippen molar-refractivity contribution in [2.24, 2.45) is 35.3 Å². The minimum atomic E-state index is -0.247. The van der Waals surface area contributed by atoms with Crippen LogP contribution < -0.4 is 5.73 Å². The minimum absolute atomic E-state index is 0.247. The lowest BCUT2D eigenvalue weighted by molar-refractivity contribution is -0.139. The number of carbonyl (C=O) groups is 1. The summed E-state index contributed by atoms with van der Waals surface area (Å²) in [6.07, 6.45) is 3.85. The van der Waals surface area contributed by atoms with E-state index in [0.29, 0.717) is 48.3 Å². The summed E-state index contributed by atoms with van der Waals surface area (Å²) in [6.45, 7) is 1.81.